The van der Waals surface area contributed by atoms with Gasteiger partial charge >= 0.3 is 0 Å². The minimum Gasteiger partial charge on any atom is -0.383 e. The number of fused-ring (bicyclic) bond motifs is 1. The van der Waals surface area contributed by atoms with Crippen molar-refractivity contribution in [3.63, 3.8) is 0 Å². The molecule has 2 rings (SSSR count). The molecular formula is C15H23N. The van der Waals surface area contributed by atoms with Crippen LogP contribution in [0.4, 0.5) is 5.69 Å². The average Bonchev–Trinajstić information content (AvgIpc) is 2.73. The fraction of sp³-hybridized carbons (Fsp3) is 0.600. The highest BCUT2D eigenvalue weighted by molar-refractivity contribution is 5.50. The van der Waals surface area contributed by atoms with E-state index in [-0.39, 0.29) is 0 Å². The standard InChI is InChI=1S/C15H23N/c1-3-4-6-12(2)16-15-10-9-13-7-5-8-14(13)11-15/h9-12,16H,3-8H2,1-2H3. The van der Waals surface area contributed by atoms with E-state index >= 15 is 0 Å². The monoisotopic (exact) mass is 217 g/mol. The molecule has 1 aliphatic rings. The summed E-state index contributed by atoms with van der Waals surface area (Å²) < 4.78 is 0. The van der Waals surface area contributed by atoms with Crippen molar-refractivity contribution >= 4 is 5.69 Å². The van der Waals surface area contributed by atoms with Gasteiger partial charge in [0.1, 0.15) is 0 Å². The lowest BCUT2D eigenvalue weighted by Gasteiger charge is -2.15. The smallest absolute Gasteiger partial charge is 0.0345 e. The normalized spacial score (nSPS) is 15.9. The second kappa shape index (κ2) is 5.38. The van der Waals surface area contributed by atoms with E-state index in [1.54, 1.807) is 11.1 Å². The maximum Gasteiger partial charge on any atom is 0.0345 e. The lowest BCUT2D eigenvalue weighted by atomic mass is 10.1. The maximum atomic E-state index is 3.61. The lowest BCUT2D eigenvalue weighted by molar-refractivity contribution is 0.645. The molecule has 16 heavy (non-hydrogen) atoms. The van der Waals surface area contributed by atoms with E-state index in [2.05, 4.69) is 37.4 Å². The van der Waals surface area contributed by atoms with Gasteiger partial charge in [-0.15, -0.1) is 0 Å². The van der Waals surface area contributed by atoms with Gasteiger partial charge in [0.05, 0.1) is 0 Å². The van der Waals surface area contributed by atoms with Gasteiger partial charge in [0.15, 0.2) is 0 Å². The number of anilines is 1. The average molecular weight is 217 g/mol. The summed E-state index contributed by atoms with van der Waals surface area (Å²) in [4.78, 5) is 0. The van der Waals surface area contributed by atoms with Crippen LogP contribution in [0.15, 0.2) is 18.2 Å². The van der Waals surface area contributed by atoms with Crippen LogP contribution < -0.4 is 5.32 Å². The van der Waals surface area contributed by atoms with Crippen molar-refractivity contribution in [3.05, 3.63) is 29.3 Å². The molecular weight excluding hydrogens is 194 g/mol. The first-order chi connectivity index (χ1) is 7.79. The van der Waals surface area contributed by atoms with Gasteiger partial charge in [0.25, 0.3) is 0 Å². The number of hydrogen-bond donors (Lipinski definition) is 1. The zero-order chi connectivity index (χ0) is 11.4. The van der Waals surface area contributed by atoms with E-state index in [1.165, 1.54) is 44.2 Å². The van der Waals surface area contributed by atoms with Crippen molar-refractivity contribution in [2.75, 3.05) is 5.32 Å². The fourth-order valence-electron chi connectivity index (χ4n) is 2.53. The van der Waals surface area contributed by atoms with Crippen LogP contribution in [0.1, 0.15) is 50.7 Å². The minimum absolute atomic E-state index is 0.597. The third-order valence-electron chi connectivity index (χ3n) is 3.50. The molecule has 1 aliphatic carbocycles. The highest BCUT2D eigenvalue weighted by Gasteiger charge is 2.11. The molecule has 1 N–H and O–H groups in total. The molecule has 1 aromatic carbocycles. The Morgan fingerprint density at radius 3 is 2.88 bits per heavy atom. The van der Waals surface area contributed by atoms with Gasteiger partial charge in [-0.05, 0) is 55.9 Å². The van der Waals surface area contributed by atoms with E-state index in [9.17, 15) is 0 Å². The van der Waals surface area contributed by atoms with Crippen LogP contribution in [-0.4, -0.2) is 6.04 Å². The van der Waals surface area contributed by atoms with Crippen LogP contribution in [0, 0.1) is 0 Å². The molecule has 0 radical (unpaired) electrons. The zero-order valence-corrected chi connectivity index (χ0v) is 10.6. The Balaban J connectivity index is 1.94. The predicted molar refractivity (Wildman–Crippen MR) is 71.1 cm³/mol. The highest BCUT2D eigenvalue weighted by Crippen LogP contribution is 2.25. The molecule has 1 aromatic rings. The molecule has 88 valence electrons. The van der Waals surface area contributed by atoms with Crippen LogP contribution in [0.5, 0.6) is 0 Å². The van der Waals surface area contributed by atoms with Gasteiger partial charge in [0.2, 0.25) is 0 Å². The Hall–Kier alpha value is -0.980. The quantitative estimate of drug-likeness (QED) is 0.780. The first kappa shape index (κ1) is 11.5. The fourth-order valence-corrected chi connectivity index (χ4v) is 2.53. The number of unbranched alkanes of at least 4 members (excludes halogenated alkanes) is 1. The van der Waals surface area contributed by atoms with Crippen molar-refractivity contribution in [1.29, 1.82) is 0 Å². The maximum absolute atomic E-state index is 3.61. The zero-order valence-electron chi connectivity index (χ0n) is 10.6. The molecule has 0 fully saturated rings. The Kier molecular flexibility index (Phi) is 3.87. The van der Waals surface area contributed by atoms with Crippen LogP contribution in [0.2, 0.25) is 0 Å². The number of hydrogen-bond acceptors (Lipinski definition) is 1. The van der Waals surface area contributed by atoms with Gasteiger partial charge < -0.3 is 5.32 Å². The third-order valence-corrected chi connectivity index (χ3v) is 3.50. The second-order valence-electron chi connectivity index (χ2n) is 5.02. The van der Waals surface area contributed by atoms with Gasteiger partial charge in [0, 0.05) is 11.7 Å². The van der Waals surface area contributed by atoms with E-state index < -0.39 is 0 Å². The number of nitrogens with one attached hydrogen (secondary N) is 1. The van der Waals surface area contributed by atoms with Crippen LogP contribution in [-0.2, 0) is 12.8 Å². The molecule has 0 aromatic heterocycles. The van der Waals surface area contributed by atoms with Crippen LogP contribution >= 0.6 is 0 Å². The predicted octanol–water partition coefficient (Wildman–Crippen LogP) is 4.17. The number of aryl methyl sites for hydroxylation is 2. The van der Waals surface area contributed by atoms with Crippen LogP contribution in [0.25, 0.3) is 0 Å². The highest BCUT2D eigenvalue weighted by atomic mass is 14.9. The van der Waals surface area contributed by atoms with E-state index in [4.69, 9.17) is 0 Å². The minimum atomic E-state index is 0.597. The summed E-state index contributed by atoms with van der Waals surface area (Å²) in [7, 11) is 0. The molecule has 0 amide bonds. The summed E-state index contributed by atoms with van der Waals surface area (Å²) >= 11 is 0. The van der Waals surface area contributed by atoms with Crippen LogP contribution in [0.3, 0.4) is 0 Å². The summed E-state index contributed by atoms with van der Waals surface area (Å²) in [6.07, 6.45) is 7.77. The van der Waals surface area contributed by atoms with Crippen molar-refractivity contribution in [2.24, 2.45) is 0 Å². The summed E-state index contributed by atoms with van der Waals surface area (Å²) in [6.45, 7) is 4.53. The molecule has 0 saturated carbocycles. The van der Waals surface area contributed by atoms with E-state index in [1.807, 2.05) is 0 Å². The second-order valence-corrected chi connectivity index (χ2v) is 5.02. The van der Waals surface area contributed by atoms with Crippen molar-refractivity contribution in [3.8, 4) is 0 Å². The molecule has 0 spiro atoms. The molecule has 1 heteroatoms. The summed E-state index contributed by atoms with van der Waals surface area (Å²) in [5.74, 6) is 0. The number of benzene rings is 1. The van der Waals surface area contributed by atoms with Gasteiger partial charge in [-0.2, -0.15) is 0 Å². The molecule has 1 unspecified atom stereocenters. The molecule has 0 heterocycles. The summed E-state index contributed by atoms with van der Waals surface area (Å²) in [5.41, 5.74) is 4.43. The Morgan fingerprint density at radius 1 is 1.25 bits per heavy atom. The van der Waals surface area contributed by atoms with Gasteiger partial charge in [-0.3, -0.25) is 0 Å². The molecule has 0 bridgehead atoms. The lowest BCUT2D eigenvalue weighted by Crippen LogP contribution is -2.14. The van der Waals surface area contributed by atoms with E-state index in [0.717, 1.165) is 0 Å². The van der Waals surface area contributed by atoms with Gasteiger partial charge in [-0.1, -0.05) is 25.8 Å². The topological polar surface area (TPSA) is 12.0 Å². The number of rotatable bonds is 5. The summed E-state index contributed by atoms with van der Waals surface area (Å²) in [6, 6.07) is 7.49. The summed E-state index contributed by atoms with van der Waals surface area (Å²) in [5, 5.41) is 3.61. The Morgan fingerprint density at radius 2 is 2.06 bits per heavy atom. The SMILES string of the molecule is CCCCC(C)Nc1ccc2c(c1)CCC2. The first-order valence-electron chi connectivity index (χ1n) is 6.68. The molecule has 0 saturated heterocycles. The Bertz CT molecular complexity index is 343. The van der Waals surface area contributed by atoms with Crippen molar-refractivity contribution < 1.29 is 0 Å². The van der Waals surface area contributed by atoms with Gasteiger partial charge in [-0.25, -0.2) is 0 Å². The third kappa shape index (κ3) is 2.78. The van der Waals surface area contributed by atoms with Crippen molar-refractivity contribution in [2.45, 2.75) is 58.4 Å². The Labute approximate surface area is 99.3 Å². The molecule has 1 nitrogen and oxygen atoms in total. The molecule has 1 atom stereocenters. The van der Waals surface area contributed by atoms with Crippen molar-refractivity contribution in [1.82, 2.24) is 0 Å². The molecule has 0 aliphatic heterocycles. The van der Waals surface area contributed by atoms with E-state index in [0.29, 0.717) is 6.04 Å². The first-order valence-corrected chi connectivity index (χ1v) is 6.68. The largest absolute Gasteiger partial charge is 0.383 e.